The molecule has 21 heavy (non-hydrogen) atoms. The van der Waals surface area contributed by atoms with Gasteiger partial charge in [-0.05, 0) is 43.7 Å². The van der Waals surface area contributed by atoms with Gasteiger partial charge in [-0.2, -0.15) is 0 Å². The lowest BCUT2D eigenvalue weighted by molar-refractivity contribution is 0.703. The molecular weight excluding hydrogens is 282 g/mol. The molecule has 0 fully saturated rings. The molecule has 1 N–H and O–H groups in total. The summed E-state index contributed by atoms with van der Waals surface area (Å²) in [5.74, 6) is 0.977. The first kappa shape index (κ1) is 14.4. The number of aromatic nitrogens is 1. The predicted molar refractivity (Wildman–Crippen MR) is 88.4 cm³/mol. The molecule has 0 radical (unpaired) electrons. The third-order valence-corrected chi connectivity index (χ3v) is 4.24. The topological polar surface area (TPSA) is 28.2 Å². The molecule has 0 saturated heterocycles. The van der Waals surface area contributed by atoms with Gasteiger partial charge in [0.15, 0.2) is 0 Å². The van der Waals surface area contributed by atoms with Crippen LogP contribution in [-0.4, -0.2) is 17.6 Å². The smallest absolute Gasteiger partial charge is 0.133 e. The standard InChI is InChI=1S/C17H20ClN3/c1-3-19-11-15-14(18)8-9-17(20-15)21-12(2)10-13-6-4-5-7-16(13)21/h4-9,12,19H,3,10-11H2,1-2H3. The van der Waals surface area contributed by atoms with E-state index in [9.17, 15) is 0 Å². The van der Waals surface area contributed by atoms with Gasteiger partial charge in [-0.15, -0.1) is 0 Å². The Balaban J connectivity index is 1.97. The van der Waals surface area contributed by atoms with Crippen LogP contribution in [0.2, 0.25) is 5.02 Å². The van der Waals surface area contributed by atoms with Crippen molar-refractivity contribution in [2.75, 3.05) is 11.4 Å². The van der Waals surface area contributed by atoms with Gasteiger partial charge in [-0.3, -0.25) is 0 Å². The van der Waals surface area contributed by atoms with E-state index in [0.717, 1.165) is 29.5 Å². The molecule has 1 aromatic heterocycles. The summed E-state index contributed by atoms with van der Waals surface area (Å²) < 4.78 is 0. The Hall–Kier alpha value is -1.58. The lowest BCUT2D eigenvalue weighted by atomic mass is 10.1. The number of rotatable bonds is 4. The predicted octanol–water partition coefficient (Wildman–Crippen LogP) is 3.93. The van der Waals surface area contributed by atoms with E-state index in [1.54, 1.807) is 0 Å². The van der Waals surface area contributed by atoms with Crippen molar-refractivity contribution >= 4 is 23.1 Å². The largest absolute Gasteiger partial charge is 0.323 e. The Kier molecular flexibility index (Phi) is 4.13. The first-order valence-electron chi connectivity index (χ1n) is 7.44. The Morgan fingerprint density at radius 1 is 1.29 bits per heavy atom. The molecule has 3 nitrogen and oxygen atoms in total. The van der Waals surface area contributed by atoms with Crippen LogP contribution in [0.5, 0.6) is 0 Å². The van der Waals surface area contributed by atoms with Crippen molar-refractivity contribution in [2.45, 2.75) is 32.9 Å². The van der Waals surface area contributed by atoms with Crippen LogP contribution in [0.15, 0.2) is 36.4 Å². The van der Waals surface area contributed by atoms with E-state index in [-0.39, 0.29) is 0 Å². The lowest BCUT2D eigenvalue weighted by Gasteiger charge is -2.24. The van der Waals surface area contributed by atoms with E-state index in [1.165, 1.54) is 11.3 Å². The average Bonchev–Trinajstić information content (AvgIpc) is 2.82. The molecule has 2 aromatic rings. The first-order valence-corrected chi connectivity index (χ1v) is 7.81. The highest BCUT2D eigenvalue weighted by atomic mass is 35.5. The number of anilines is 2. The van der Waals surface area contributed by atoms with Crippen LogP contribution in [0.3, 0.4) is 0 Å². The molecule has 4 heteroatoms. The van der Waals surface area contributed by atoms with Gasteiger partial charge >= 0.3 is 0 Å². The van der Waals surface area contributed by atoms with Crippen molar-refractivity contribution in [3.63, 3.8) is 0 Å². The first-order chi connectivity index (χ1) is 10.2. The third kappa shape index (κ3) is 2.76. The summed E-state index contributed by atoms with van der Waals surface area (Å²) in [5.41, 5.74) is 3.55. The third-order valence-electron chi connectivity index (χ3n) is 3.90. The highest BCUT2D eigenvalue weighted by molar-refractivity contribution is 6.31. The van der Waals surface area contributed by atoms with Crippen LogP contribution >= 0.6 is 11.6 Å². The van der Waals surface area contributed by atoms with Crippen LogP contribution < -0.4 is 10.2 Å². The second kappa shape index (κ2) is 6.04. The van der Waals surface area contributed by atoms with Gasteiger partial charge in [0.1, 0.15) is 5.82 Å². The van der Waals surface area contributed by atoms with Crippen LogP contribution in [-0.2, 0) is 13.0 Å². The fraction of sp³-hybridized carbons (Fsp3) is 0.353. The van der Waals surface area contributed by atoms with Crippen molar-refractivity contribution in [2.24, 2.45) is 0 Å². The Bertz CT molecular complexity index is 642. The second-order valence-electron chi connectivity index (χ2n) is 5.43. The fourth-order valence-corrected chi connectivity index (χ4v) is 3.06. The van der Waals surface area contributed by atoms with Gasteiger partial charge in [-0.1, -0.05) is 36.7 Å². The number of fused-ring (bicyclic) bond motifs is 1. The molecule has 1 unspecified atom stereocenters. The normalized spacial score (nSPS) is 17.1. The van der Waals surface area contributed by atoms with Crippen molar-refractivity contribution in [1.82, 2.24) is 10.3 Å². The monoisotopic (exact) mass is 301 g/mol. The maximum Gasteiger partial charge on any atom is 0.133 e. The van der Waals surface area contributed by atoms with Crippen molar-refractivity contribution in [3.05, 3.63) is 52.7 Å². The fourth-order valence-electron chi connectivity index (χ4n) is 2.89. The molecule has 110 valence electrons. The number of nitrogens with one attached hydrogen (secondary N) is 1. The lowest BCUT2D eigenvalue weighted by Crippen LogP contribution is -2.25. The van der Waals surface area contributed by atoms with Crippen molar-refractivity contribution in [3.8, 4) is 0 Å². The highest BCUT2D eigenvalue weighted by Gasteiger charge is 2.27. The quantitative estimate of drug-likeness (QED) is 0.927. The van der Waals surface area contributed by atoms with Crippen molar-refractivity contribution in [1.29, 1.82) is 0 Å². The minimum Gasteiger partial charge on any atom is -0.323 e. The van der Waals surface area contributed by atoms with Crippen molar-refractivity contribution < 1.29 is 0 Å². The summed E-state index contributed by atoms with van der Waals surface area (Å²) in [6.07, 6.45) is 1.06. The molecule has 0 spiro atoms. The van der Waals surface area contributed by atoms with Gasteiger partial charge in [-0.25, -0.2) is 4.98 Å². The molecule has 0 amide bonds. The van der Waals surface area contributed by atoms with Crippen LogP contribution in [0, 0.1) is 0 Å². The van der Waals surface area contributed by atoms with E-state index >= 15 is 0 Å². The summed E-state index contributed by atoms with van der Waals surface area (Å²) in [6, 6.07) is 12.9. The summed E-state index contributed by atoms with van der Waals surface area (Å²) >= 11 is 6.25. The Morgan fingerprint density at radius 2 is 2.10 bits per heavy atom. The van der Waals surface area contributed by atoms with E-state index in [0.29, 0.717) is 12.6 Å². The summed E-state index contributed by atoms with van der Waals surface area (Å²) in [5, 5.41) is 4.01. The molecular formula is C17H20ClN3. The molecule has 0 bridgehead atoms. The molecule has 2 heterocycles. The molecule has 1 aliphatic heterocycles. The Morgan fingerprint density at radius 3 is 2.90 bits per heavy atom. The highest BCUT2D eigenvalue weighted by Crippen LogP contribution is 2.37. The molecule has 1 aromatic carbocycles. The van der Waals surface area contributed by atoms with Crippen LogP contribution in [0.4, 0.5) is 11.5 Å². The second-order valence-corrected chi connectivity index (χ2v) is 5.84. The number of para-hydroxylation sites is 1. The number of benzene rings is 1. The summed E-state index contributed by atoms with van der Waals surface area (Å²) in [7, 11) is 0. The molecule has 3 rings (SSSR count). The van der Waals surface area contributed by atoms with Gasteiger partial charge in [0.2, 0.25) is 0 Å². The molecule has 0 aliphatic carbocycles. The van der Waals surface area contributed by atoms with E-state index in [2.05, 4.69) is 48.3 Å². The van der Waals surface area contributed by atoms with E-state index in [1.807, 2.05) is 12.1 Å². The van der Waals surface area contributed by atoms with Gasteiger partial charge in [0.25, 0.3) is 0 Å². The number of halogens is 1. The number of pyridine rings is 1. The Labute approximate surface area is 131 Å². The minimum atomic E-state index is 0.419. The molecule has 0 saturated carbocycles. The maximum absolute atomic E-state index is 6.25. The van der Waals surface area contributed by atoms with E-state index < -0.39 is 0 Å². The van der Waals surface area contributed by atoms with E-state index in [4.69, 9.17) is 16.6 Å². The number of nitrogens with zero attached hydrogens (tertiary/aromatic N) is 2. The minimum absolute atomic E-state index is 0.419. The molecule has 1 atom stereocenters. The number of hydrogen-bond acceptors (Lipinski definition) is 3. The number of hydrogen-bond donors (Lipinski definition) is 1. The zero-order chi connectivity index (χ0) is 14.8. The SMILES string of the molecule is CCNCc1nc(N2c3ccccc3CC2C)ccc1Cl. The van der Waals surface area contributed by atoms with Crippen LogP contribution in [0.1, 0.15) is 25.1 Å². The van der Waals surface area contributed by atoms with Gasteiger partial charge < -0.3 is 10.2 Å². The summed E-state index contributed by atoms with van der Waals surface area (Å²) in [4.78, 5) is 7.08. The molecule has 1 aliphatic rings. The van der Waals surface area contributed by atoms with Gasteiger partial charge in [0.05, 0.1) is 10.7 Å². The van der Waals surface area contributed by atoms with Crippen LogP contribution in [0.25, 0.3) is 0 Å². The van der Waals surface area contributed by atoms with Gasteiger partial charge in [0, 0.05) is 18.3 Å². The zero-order valence-electron chi connectivity index (χ0n) is 12.4. The summed E-state index contributed by atoms with van der Waals surface area (Å²) in [6.45, 7) is 5.93. The zero-order valence-corrected chi connectivity index (χ0v) is 13.2. The average molecular weight is 302 g/mol. The maximum atomic E-state index is 6.25.